The summed E-state index contributed by atoms with van der Waals surface area (Å²) < 4.78 is 13.1. The first kappa shape index (κ1) is 11.5. The fourth-order valence-corrected chi connectivity index (χ4v) is 1.29. The SMILES string of the molecule is CCC(Nc1cccc(F)c1C)C(=O)O. The van der Waals surface area contributed by atoms with Gasteiger partial charge in [0.25, 0.3) is 0 Å². The number of carboxylic acids is 1. The Hall–Kier alpha value is -1.58. The first-order valence-corrected chi connectivity index (χ1v) is 4.80. The molecule has 0 fully saturated rings. The molecule has 1 rings (SSSR count). The van der Waals surface area contributed by atoms with E-state index in [-0.39, 0.29) is 5.82 Å². The van der Waals surface area contributed by atoms with Crippen LogP contribution in [0.3, 0.4) is 0 Å². The zero-order valence-corrected chi connectivity index (χ0v) is 8.75. The van der Waals surface area contributed by atoms with Crippen molar-refractivity contribution >= 4 is 11.7 Å². The molecule has 1 aromatic rings. The standard InChI is InChI=1S/C11H14FNO2/c1-3-9(11(14)15)13-10-6-4-5-8(12)7(10)2/h4-6,9,13H,3H2,1-2H3,(H,14,15). The summed E-state index contributed by atoms with van der Waals surface area (Å²) in [7, 11) is 0. The number of carbonyl (C=O) groups is 1. The van der Waals surface area contributed by atoms with E-state index in [1.54, 1.807) is 26.0 Å². The number of halogens is 1. The van der Waals surface area contributed by atoms with E-state index in [4.69, 9.17) is 5.11 Å². The number of hydrogen-bond acceptors (Lipinski definition) is 2. The van der Waals surface area contributed by atoms with Gasteiger partial charge in [-0.25, -0.2) is 9.18 Å². The van der Waals surface area contributed by atoms with Gasteiger partial charge in [-0.3, -0.25) is 0 Å². The summed E-state index contributed by atoms with van der Waals surface area (Å²) >= 11 is 0. The summed E-state index contributed by atoms with van der Waals surface area (Å²) in [5.41, 5.74) is 0.974. The van der Waals surface area contributed by atoms with Gasteiger partial charge in [-0.2, -0.15) is 0 Å². The number of rotatable bonds is 4. The molecule has 0 amide bonds. The normalized spacial score (nSPS) is 12.2. The van der Waals surface area contributed by atoms with Crippen molar-refractivity contribution in [2.45, 2.75) is 26.3 Å². The predicted molar refractivity (Wildman–Crippen MR) is 56.5 cm³/mol. The smallest absolute Gasteiger partial charge is 0.326 e. The van der Waals surface area contributed by atoms with E-state index in [1.165, 1.54) is 6.07 Å². The van der Waals surface area contributed by atoms with Crippen LogP contribution in [0.2, 0.25) is 0 Å². The molecule has 0 spiro atoms. The number of carboxylic acid groups (broad SMARTS) is 1. The summed E-state index contributed by atoms with van der Waals surface area (Å²) in [5.74, 6) is -1.26. The van der Waals surface area contributed by atoms with Crippen LogP contribution in [0.1, 0.15) is 18.9 Å². The molecule has 82 valence electrons. The molecule has 0 aliphatic carbocycles. The van der Waals surface area contributed by atoms with E-state index in [1.807, 2.05) is 0 Å². The Morgan fingerprint density at radius 1 is 1.60 bits per heavy atom. The second-order valence-electron chi connectivity index (χ2n) is 3.36. The lowest BCUT2D eigenvalue weighted by atomic mass is 10.1. The van der Waals surface area contributed by atoms with Crippen molar-refractivity contribution < 1.29 is 14.3 Å². The highest BCUT2D eigenvalue weighted by Crippen LogP contribution is 2.18. The van der Waals surface area contributed by atoms with Crippen LogP contribution < -0.4 is 5.32 Å². The Bertz CT molecular complexity index is 366. The summed E-state index contributed by atoms with van der Waals surface area (Å²) in [6.45, 7) is 3.38. The number of aliphatic carboxylic acids is 1. The minimum Gasteiger partial charge on any atom is -0.480 e. The third-order valence-electron chi connectivity index (χ3n) is 2.30. The van der Waals surface area contributed by atoms with Gasteiger partial charge in [0.1, 0.15) is 11.9 Å². The lowest BCUT2D eigenvalue weighted by Crippen LogP contribution is -2.28. The van der Waals surface area contributed by atoms with Crippen molar-refractivity contribution in [2.75, 3.05) is 5.32 Å². The fourth-order valence-electron chi connectivity index (χ4n) is 1.29. The minimum atomic E-state index is -0.929. The van der Waals surface area contributed by atoms with E-state index in [2.05, 4.69) is 5.32 Å². The van der Waals surface area contributed by atoms with Gasteiger partial charge in [0.05, 0.1) is 0 Å². The van der Waals surface area contributed by atoms with Crippen LogP contribution in [0.25, 0.3) is 0 Å². The molecule has 1 atom stereocenters. The number of anilines is 1. The second kappa shape index (κ2) is 4.77. The van der Waals surface area contributed by atoms with Crippen LogP contribution >= 0.6 is 0 Å². The van der Waals surface area contributed by atoms with Crippen molar-refractivity contribution in [1.82, 2.24) is 0 Å². The largest absolute Gasteiger partial charge is 0.480 e. The van der Waals surface area contributed by atoms with Gasteiger partial charge in [-0.15, -0.1) is 0 Å². The molecule has 0 aliphatic rings. The van der Waals surface area contributed by atoms with E-state index in [9.17, 15) is 9.18 Å². The first-order chi connectivity index (χ1) is 7.06. The van der Waals surface area contributed by atoms with E-state index >= 15 is 0 Å². The van der Waals surface area contributed by atoms with E-state index in [0.717, 1.165) is 0 Å². The minimum absolute atomic E-state index is 0.333. The molecule has 4 heteroatoms. The molecular formula is C11H14FNO2. The molecule has 15 heavy (non-hydrogen) atoms. The topological polar surface area (TPSA) is 49.3 Å². The van der Waals surface area contributed by atoms with Crippen LogP contribution in [0.5, 0.6) is 0 Å². The molecular weight excluding hydrogens is 197 g/mol. The maximum atomic E-state index is 13.1. The highest BCUT2D eigenvalue weighted by molar-refractivity contribution is 5.77. The van der Waals surface area contributed by atoms with Crippen LogP contribution in [0, 0.1) is 12.7 Å². The summed E-state index contributed by atoms with van der Waals surface area (Å²) in [5, 5.41) is 11.6. The summed E-state index contributed by atoms with van der Waals surface area (Å²) in [6, 6.07) is 3.90. The van der Waals surface area contributed by atoms with Crippen LogP contribution in [0.15, 0.2) is 18.2 Å². The molecule has 0 radical (unpaired) electrons. The predicted octanol–water partition coefficient (Wildman–Crippen LogP) is 2.41. The number of benzene rings is 1. The second-order valence-corrected chi connectivity index (χ2v) is 3.36. The van der Waals surface area contributed by atoms with Crippen LogP contribution in [-0.2, 0) is 4.79 Å². The number of nitrogens with one attached hydrogen (secondary N) is 1. The summed E-state index contributed by atoms with van der Waals surface area (Å²) in [4.78, 5) is 10.8. The average Bonchev–Trinajstić information content (AvgIpc) is 2.19. The molecule has 0 saturated carbocycles. The lowest BCUT2D eigenvalue weighted by Gasteiger charge is -2.15. The van der Waals surface area contributed by atoms with Crippen molar-refractivity contribution in [3.05, 3.63) is 29.6 Å². The maximum Gasteiger partial charge on any atom is 0.326 e. The Balaban J connectivity index is 2.88. The highest BCUT2D eigenvalue weighted by Gasteiger charge is 2.15. The third kappa shape index (κ3) is 2.68. The molecule has 0 heterocycles. The quantitative estimate of drug-likeness (QED) is 0.804. The van der Waals surface area contributed by atoms with Crippen molar-refractivity contribution in [3.63, 3.8) is 0 Å². The van der Waals surface area contributed by atoms with E-state index < -0.39 is 12.0 Å². The average molecular weight is 211 g/mol. The summed E-state index contributed by atoms with van der Waals surface area (Å²) in [6.07, 6.45) is 0.450. The van der Waals surface area contributed by atoms with Crippen LogP contribution in [-0.4, -0.2) is 17.1 Å². The Kier molecular flexibility index (Phi) is 3.66. The maximum absolute atomic E-state index is 13.1. The Morgan fingerprint density at radius 2 is 2.27 bits per heavy atom. The highest BCUT2D eigenvalue weighted by atomic mass is 19.1. The zero-order valence-electron chi connectivity index (χ0n) is 8.75. The van der Waals surface area contributed by atoms with Gasteiger partial charge in [-0.05, 0) is 25.5 Å². The van der Waals surface area contributed by atoms with Crippen molar-refractivity contribution in [1.29, 1.82) is 0 Å². The van der Waals surface area contributed by atoms with Crippen molar-refractivity contribution in [2.24, 2.45) is 0 Å². The van der Waals surface area contributed by atoms with Crippen molar-refractivity contribution in [3.8, 4) is 0 Å². The van der Waals surface area contributed by atoms with Gasteiger partial charge in [0, 0.05) is 11.3 Å². The molecule has 1 unspecified atom stereocenters. The third-order valence-corrected chi connectivity index (χ3v) is 2.30. The van der Waals surface area contributed by atoms with Gasteiger partial charge >= 0.3 is 5.97 Å². The molecule has 3 nitrogen and oxygen atoms in total. The monoisotopic (exact) mass is 211 g/mol. The molecule has 0 aliphatic heterocycles. The van der Waals surface area contributed by atoms with Crippen LogP contribution in [0.4, 0.5) is 10.1 Å². The lowest BCUT2D eigenvalue weighted by molar-refractivity contribution is -0.137. The van der Waals surface area contributed by atoms with Gasteiger partial charge in [0.15, 0.2) is 0 Å². The molecule has 2 N–H and O–H groups in total. The van der Waals surface area contributed by atoms with Gasteiger partial charge < -0.3 is 10.4 Å². The Labute approximate surface area is 87.9 Å². The van der Waals surface area contributed by atoms with E-state index in [0.29, 0.717) is 17.7 Å². The van der Waals surface area contributed by atoms with Gasteiger partial charge in [0.2, 0.25) is 0 Å². The zero-order chi connectivity index (χ0) is 11.4. The van der Waals surface area contributed by atoms with Gasteiger partial charge in [-0.1, -0.05) is 13.0 Å². The molecule has 1 aromatic carbocycles. The Morgan fingerprint density at radius 3 is 2.80 bits per heavy atom. The molecule has 0 bridgehead atoms. The fraction of sp³-hybridized carbons (Fsp3) is 0.364. The molecule has 0 aromatic heterocycles. The number of hydrogen-bond donors (Lipinski definition) is 2. The molecule has 0 saturated heterocycles. The first-order valence-electron chi connectivity index (χ1n) is 4.80.